The molecule has 1 aromatic heterocycles. The van der Waals surface area contributed by atoms with Gasteiger partial charge in [-0.3, -0.25) is 4.68 Å². The number of nitrogens with one attached hydrogen (secondary N) is 1. The van der Waals surface area contributed by atoms with E-state index in [1.54, 1.807) is 18.0 Å². The van der Waals surface area contributed by atoms with Crippen LogP contribution in [0.3, 0.4) is 0 Å². The van der Waals surface area contributed by atoms with Crippen molar-refractivity contribution in [3.8, 4) is 5.75 Å². The fourth-order valence-electron chi connectivity index (χ4n) is 2.81. The Balaban J connectivity index is 2.30. The van der Waals surface area contributed by atoms with Gasteiger partial charge < -0.3 is 10.1 Å². The van der Waals surface area contributed by atoms with Crippen LogP contribution in [-0.2, 0) is 16.9 Å². The highest BCUT2D eigenvalue weighted by Gasteiger charge is 2.36. The van der Waals surface area contributed by atoms with Crippen LogP contribution in [0, 0.1) is 5.92 Å². The quantitative estimate of drug-likeness (QED) is 0.845. The first-order valence-electron chi connectivity index (χ1n) is 6.98. The molecule has 1 aliphatic heterocycles. The highest BCUT2D eigenvalue weighted by Crippen LogP contribution is 2.35. The average molecular weight is 301 g/mol. The molecule has 1 N–H and O–H groups in total. The third kappa shape index (κ3) is 3.15. The molecule has 1 saturated heterocycles. The lowest BCUT2D eigenvalue weighted by molar-refractivity contribution is 0.347. The van der Waals surface area contributed by atoms with E-state index in [2.05, 4.69) is 17.3 Å². The molecule has 2 rings (SSSR count). The molecular formula is C13H23N3O3S. The molecule has 1 aromatic rings. The monoisotopic (exact) mass is 301 g/mol. The maximum Gasteiger partial charge on any atom is 0.161 e. The zero-order chi connectivity index (χ0) is 14.8. The van der Waals surface area contributed by atoms with Crippen LogP contribution in [-0.4, -0.2) is 43.4 Å². The van der Waals surface area contributed by atoms with Crippen LogP contribution >= 0.6 is 0 Å². The standard InChI is InChI=1S/C13H23N3O3S/c1-4-6-14-12(10-5-7-20(17,18)9-10)13-11(19-3)8-15-16(13)2/h8,10,12,14H,4-7,9H2,1-3H3. The minimum atomic E-state index is -2.90. The Morgan fingerprint density at radius 1 is 1.60 bits per heavy atom. The van der Waals surface area contributed by atoms with Crippen molar-refractivity contribution in [3.63, 3.8) is 0 Å². The second-order valence-corrected chi connectivity index (χ2v) is 7.55. The Kier molecular flexibility index (Phi) is 4.70. The van der Waals surface area contributed by atoms with Crippen molar-refractivity contribution >= 4 is 9.84 Å². The lowest BCUT2D eigenvalue weighted by atomic mass is 9.95. The molecule has 2 unspecified atom stereocenters. The zero-order valence-corrected chi connectivity index (χ0v) is 13.1. The lowest BCUT2D eigenvalue weighted by Gasteiger charge is -2.25. The van der Waals surface area contributed by atoms with E-state index >= 15 is 0 Å². The summed E-state index contributed by atoms with van der Waals surface area (Å²) >= 11 is 0. The number of ether oxygens (including phenoxy) is 1. The molecule has 7 heteroatoms. The molecule has 2 heterocycles. The Morgan fingerprint density at radius 3 is 2.90 bits per heavy atom. The number of aryl methyl sites for hydroxylation is 1. The van der Waals surface area contributed by atoms with Crippen LogP contribution in [0.1, 0.15) is 31.5 Å². The number of methoxy groups -OCH3 is 1. The summed E-state index contributed by atoms with van der Waals surface area (Å²) in [6, 6.07) is -0.0327. The number of aromatic nitrogens is 2. The van der Waals surface area contributed by atoms with Crippen molar-refractivity contribution in [2.45, 2.75) is 25.8 Å². The maximum absolute atomic E-state index is 11.7. The largest absolute Gasteiger partial charge is 0.493 e. The van der Waals surface area contributed by atoms with E-state index in [0.29, 0.717) is 12.2 Å². The normalized spacial score (nSPS) is 22.9. The van der Waals surface area contributed by atoms with E-state index in [9.17, 15) is 8.42 Å². The van der Waals surface area contributed by atoms with Gasteiger partial charge in [0.1, 0.15) is 0 Å². The van der Waals surface area contributed by atoms with Crippen molar-refractivity contribution < 1.29 is 13.2 Å². The Bertz CT molecular complexity index is 553. The number of nitrogens with zero attached hydrogens (tertiary/aromatic N) is 2. The Hall–Kier alpha value is -1.08. The minimum Gasteiger partial charge on any atom is -0.493 e. The van der Waals surface area contributed by atoms with E-state index in [0.717, 1.165) is 18.7 Å². The fourth-order valence-corrected chi connectivity index (χ4v) is 4.65. The molecule has 6 nitrogen and oxygen atoms in total. The van der Waals surface area contributed by atoms with E-state index in [1.807, 2.05) is 7.05 Å². The molecule has 0 aliphatic carbocycles. The molecule has 0 radical (unpaired) electrons. The highest BCUT2D eigenvalue weighted by atomic mass is 32.2. The van der Waals surface area contributed by atoms with Gasteiger partial charge in [-0.05, 0) is 25.3 Å². The molecule has 1 fully saturated rings. The molecular weight excluding hydrogens is 278 g/mol. The smallest absolute Gasteiger partial charge is 0.161 e. The predicted octanol–water partition coefficient (Wildman–Crippen LogP) is 0.904. The predicted molar refractivity (Wildman–Crippen MR) is 77.6 cm³/mol. The van der Waals surface area contributed by atoms with Crippen molar-refractivity contribution in [2.24, 2.45) is 13.0 Å². The van der Waals surface area contributed by atoms with E-state index < -0.39 is 9.84 Å². The van der Waals surface area contributed by atoms with Gasteiger partial charge in [0.15, 0.2) is 15.6 Å². The summed E-state index contributed by atoms with van der Waals surface area (Å²) < 4.78 is 30.6. The van der Waals surface area contributed by atoms with Crippen molar-refractivity contribution in [1.29, 1.82) is 0 Å². The zero-order valence-electron chi connectivity index (χ0n) is 12.3. The lowest BCUT2D eigenvalue weighted by Crippen LogP contribution is -2.31. The van der Waals surface area contributed by atoms with Crippen molar-refractivity contribution in [1.82, 2.24) is 15.1 Å². The molecule has 2 atom stereocenters. The van der Waals surface area contributed by atoms with Gasteiger partial charge >= 0.3 is 0 Å². The van der Waals surface area contributed by atoms with E-state index in [-0.39, 0.29) is 23.5 Å². The van der Waals surface area contributed by atoms with Crippen LogP contribution in [0.2, 0.25) is 0 Å². The number of hydrogen-bond acceptors (Lipinski definition) is 5. The third-order valence-corrected chi connectivity index (χ3v) is 5.61. The topological polar surface area (TPSA) is 73.2 Å². The SMILES string of the molecule is CCCNC(c1c(OC)cnn1C)C1CCS(=O)(=O)C1. The molecule has 1 aliphatic rings. The molecule has 20 heavy (non-hydrogen) atoms. The minimum absolute atomic E-state index is 0.0327. The van der Waals surface area contributed by atoms with E-state index in [1.165, 1.54) is 0 Å². The summed E-state index contributed by atoms with van der Waals surface area (Å²) in [5.74, 6) is 1.31. The van der Waals surface area contributed by atoms with Crippen LogP contribution < -0.4 is 10.1 Å². The van der Waals surface area contributed by atoms with E-state index in [4.69, 9.17) is 4.74 Å². The Labute approximate surface area is 120 Å². The highest BCUT2D eigenvalue weighted by molar-refractivity contribution is 7.91. The van der Waals surface area contributed by atoms with Gasteiger partial charge in [-0.15, -0.1) is 0 Å². The molecule has 0 amide bonds. The first-order valence-corrected chi connectivity index (χ1v) is 8.80. The number of hydrogen-bond donors (Lipinski definition) is 1. The van der Waals surface area contributed by atoms with Crippen LogP contribution in [0.25, 0.3) is 0 Å². The summed E-state index contributed by atoms with van der Waals surface area (Å²) in [5, 5.41) is 7.69. The van der Waals surface area contributed by atoms with Gasteiger partial charge in [-0.1, -0.05) is 6.92 Å². The Morgan fingerprint density at radius 2 is 2.35 bits per heavy atom. The van der Waals surface area contributed by atoms with Gasteiger partial charge in [0.25, 0.3) is 0 Å². The average Bonchev–Trinajstić information content (AvgIpc) is 2.94. The first kappa shape index (κ1) is 15.3. The molecule has 0 spiro atoms. The summed E-state index contributed by atoms with van der Waals surface area (Å²) in [6.45, 7) is 2.94. The van der Waals surface area contributed by atoms with Gasteiger partial charge in [0.2, 0.25) is 0 Å². The summed E-state index contributed by atoms with van der Waals surface area (Å²) in [5.41, 5.74) is 0.933. The molecule has 114 valence electrons. The van der Waals surface area contributed by atoms with Gasteiger partial charge in [0, 0.05) is 7.05 Å². The van der Waals surface area contributed by atoms with Crippen LogP contribution in [0.4, 0.5) is 0 Å². The maximum atomic E-state index is 11.7. The van der Waals surface area contributed by atoms with Gasteiger partial charge in [-0.2, -0.15) is 5.10 Å². The second-order valence-electron chi connectivity index (χ2n) is 5.32. The van der Waals surface area contributed by atoms with Crippen molar-refractivity contribution in [3.05, 3.63) is 11.9 Å². The summed E-state index contributed by atoms with van der Waals surface area (Å²) in [6.07, 6.45) is 3.37. The van der Waals surface area contributed by atoms with Gasteiger partial charge in [0.05, 0.1) is 36.5 Å². The fraction of sp³-hybridized carbons (Fsp3) is 0.769. The van der Waals surface area contributed by atoms with Crippen LogP contribution in [0.5, 0.6) is 5.75 Å². The first-order chi connectivity index (χ1) is 9.48. The third-order valence-electron chi connectivity index (χ3n) is 3.82. The number of sulfone groups is 1. The number of rotatable bonds is 6. The second kappa shape index (κ2) is 6.13. The van der Waals surface area contributed by atoms with Crippen LogP contribution in [0.15, 0.2) is 6.20 Å². The summed E-state index contributed by atoms with van der Waals surface area (Å²) in [4.78, 5) is 0. The van der Waals surface area contributed by atoms with Gasteiger partial charge in [-0.25, -0.2) is 8.42 Å². The molecule has 0 aromatic carbocycles. The summed E-state index contributed by atoms with van der Waals surface area (Å²) in [7, 11) is 0.577. The molecule has 0 bridgehead atoms. The van der Waals surface area contributed by atoms with Crippen molar-refractivity contribution in [2.75, 3.05) is 25.2 Å². The molecule has 0 saturated carbocycles.